The van der Waals surface area contributed by atoms with E-state index in [0.29, 0.717) is 12.5 Å². The predicted molar refractivity (Wildman–Crippen MR) is 92.5 cm³/mol. The SMILES string of the molecule is CC[C@H](C)NC(=O)Cn1c([C@H]2CCCNC2)cc2cccnc21. The van der Waals surface area contributed by atoms with Crippen molar-refractivity contribution in [3.8, 4) is 0 Å². The largest absolute Gasteiger partial charge is 0.352 e. The quantitative estimate of drug-likeness (QED) is 0.891. The van der Waals surface area contributed by atoms with Gasteiger partial charge in [0.1, 0.15) is 12.2 Å². The first-order valence-corrected chi connectivity index (χ1v) is 8.63. The molecule has 0 aromatic carbocycles. The lowest BCUT2D eigenvalue weighted by Crippen LogP contribution is -2.36. The van der Waals surface area contributed by atoms with Gasteiger partial charge in [0.2, 0.25) is 5.91 Å². The van der Waals surface area contributed by atoms with Crippen molar-refractivity contribution in [2.75, 3.05) is 13.1 Å². The number of nitrogens with zero attached hydrogens (tertiary/aromatic N) is 2. The van der Waals surface area contributed by atoms with Crippen LogP contribution < -0.4 is 10.6 Å². The van der Waals surface area contributed by atoms with Crippen LogP contribution in [0.2, 0.25) is 0 Å². The van der Waals surface area contributed by atoms with Gasteiger partial charge in [0.25, 0.3) is 0 Å². The van der Waals surface area contributed by atoms with Crippen molar-refractivity contribution < 1.29 is 4.79 Å². The Morgan fingerprint density at radius 3 is 3.17 bits per heavy atom. The molecule has 0 aliphatic carbocycles. The van der Waals surface area contributed by atoms with Gasteiger partial charge in [-0.05, 0) is 50.9 Å². The summed E-state index contributed by atoms with van der Waals surface area (Å²) in [5, 5.41) is 7.64. The molecule has 1 aliphatic heterocycles. The standard InChI is InChI=1S/C18H26N4O/c1-3-13(2)21-17(23)12-22-16(15-7-4-8-19-11-15)10-14-6-5-9-20-18(14)22/h5-6,9-10,13,15,19H,3-4,7-8,11-12H2,1-2H3,(H,21,23)/t13-,15-/m0/s1. The zero-order valence-electron chi connectivity index (χ0n) is 14.0. The van der Waals surface area contributed by atoms with Gasteiger partial charge in [-0.15, -0.1) is 0 Å². The summed E-state index contributed by atoms with van der Waals surface area (Å²) in [6, 6.07) is 6.44. The van der Waals surface area contributed by atoms with Gasteiger partial charge in [-0.1, -0.05) is 6.92 Å². The summed E-state index contributed by atoms with van der Waals surface area (Å²) < 4.78 is 2.10. The van der Waals surface area contributed by atoms with E-state index < -0.39 is 0 Å². The van der Waals surface area contributed by atoms with Crippen LogP contribution in [0.4, 0.5) is 0 Å². The van der Waals surface area contributed by atoms with Crippen molar-refractivity contribution in [1.29, 1.82) is 0 Å². The fraction of sp³-hybridized carbons (Fsp3) is 0.556. The van der Waals surface area contributed by atoms with Gasteiger partial charge < -0.3 is 15.2 Å². The molecule has 1 amide bonds. The topological polar surface area (TPSA) is 59.0 Å². The maximum atomic E-state index is 12.4. The summed E-state index contributed by atoms with van der Waals surface area (Å²) >= 11 is 0. The van der Waals surface area contributed by atoms with E-state index in [1.807, 2.05) is 13.0 Å². The van der Waals surface area contributed by atoms with E-state index in [-0.39, 0.29) is 11.9 Å². The summed E-state index contributed by atoms with van der Waals surface area (Å²) in [6.45, 7) is 6.52. The van der Waals surface area contributed by atoms with Crippen molar-refractivity contribution in [1.82, 2.24) is 20.2 Å². The van der Waals surface area contributed by atoms with E-state index in [0.717, 1.165) is 37.0 Å². The van der Waals surface area contributed by atoms with Crippen LogP contribution in [0.25, 0.3) is 11.0 Å². The van der Waals surface area contributed by atoms with Crippen LogP contribution in [0.1, 0.15) is 44.7 Å². The second kappa shape index (κ2) is 7.13. The van der Waals surface area contributed by atoms with E-state index in [1.165, 1.54) is 12.1 Å². The number of carbonyl (C=O) groups is 1. The minimum Gasteiger partial charge on any atom is -0.352 e. The molecule has 3 rings (SSSR count). The summed E-state index contributed by atoms with van der Waals surface area (Å²) in [7, 11) is 0. The zero-order valence-corrected chi connectivity index (χ0v) is 14.0. The lowest BCUT2D eigenvalue weighted by Gasteiger charge is -2.24. The van der Waals surface area contributed by atoms with E-state index in [9.17, 15) is 4.79 Å². The Hall–Kier alpha value is -1.88. The lowest BCUT2D eigenvalue weighted by molar-refractivity contribution is -0.122. The van der Waals surface area contributed by atoms with E-state index in [4.69, 9.17) is 0 Å². The molecule has 23 heavy (non-hydrogen) atoms. The number of aromatic nitrogens is 2. The van der Waals surface area contributed by atoms with Crippen LogP contribution in [0, 0.1) is 0 Å². The van der Waals surface area contributed by atoms with Crippen molar-refractivity contribution in [2.45, 2.75) is 51.6 Å². The Balaban J connectivity index is 1.91. The van der Waals surface area contributed by atoms with Gasteiger partial charge in [0.05, 0.1) is 0 Å². The van der Waals surface area contributed by atoms with Gasteiger partial charge in [0.15, 0.2) is 0 Å². The molecule has 1 fully saturated rings. The Morgan fingerprint density at radius 2 is 2.43 bits per heavy atom. The number of hydrogen-bond donors (Lipinski definition) is 2. The first kappa shape index (κ1) is 16.0. The molecular formula is C18H26N4O. The van der Waals surface area contributed by atoms with Gasteiger partial charge >= 0.3 is 0 Å². The Labute approximate surface area is 137 Å². The van der Waals surface area contributed by atoms with Gasteiger partial charge in [0, 0.05) is 35.8 Å². The average molecular weight is 314 g/mol. The molecule has 2 N–H and O–H groups in total. The summed E-state index contributed by atoms with van der Waals surface area (Å²) in [6.07, 6.45) is 5.08. The molecule has 0 unspecified atom stereocenters. The number of amides is 1. The number of rotatable bonds is 5. The van der Waals surface area contributed by atoms with E-state index >= 15 is 0 Å². The van der Waals surface area contributed by atoms with E-state index in [1.54, 1.807) is 6.20 Å². The highest BCUT2D eigenvalue weighted by Gasteiger charge is 2.22. The zero-order chi connectivity index (χ0) is 16.2. The lowest BCUT2D eigenvalue weighted by atomic mass is 9.96. The van der Waals surface area contributed by atoms with Crippen LogP contribution in [0.15, 0.2) is 24.4 Å². The van der Waals surface area contributed by atoms with Crippen molar-refractivity contribution in [3.05, 3.63) is 30.1 Å². The number of piperidine rings is 1. The molecule has 5 heteroatoms. The molecule has 2 aromatic rings. The molecule has 2 aromatic heterocycles. The van der Waals surface area contributed by atoms with Crippen LogP contribution >= 0.6 is 0 Å². The second-order valence-corrected chi connectivity index (χ2v) is 6.49. The summed E-state index contributed by atoms with van der Waals surface area (Å²) in [5.74, 6) is 0.516. The van der Waals surface area contributed by atoms with Crippen LogP contribution in [0.5, 0.6) is 0 Å². The van der Waals surface area contributed by atoms with Gasteiger partial charge in [-0.3, -0.25) is 4.79 Å². The van der Waals surface area contributed by atoms with Crippen molar-refractivity contribution >= 4 is 16.9 Å². The first-order valence-electron chi connectivity index (χ1n) is 8.63. The molecule has 1 saturated heterocycles. The smallest absolute Gasteiger partial charge is 0.240 e. The summed E-state index contributed by atoms with van der Waals surface area (Å²) in [5.41, 5.74) is 2.14. The Morgan fingerprint density at radius 1 is 1.57 bits per heavy atom. The Bertz CT molecular complexity index is 673. The molecule has 124 valence electrons. The first-order chi connectivity index (χ1) is 11.2. The predicted octanol–water partition coefficient (Wildman–Crippen LogP) is 2.42. The van der Waals surface area contributed by atoms with Crippen LogP contribution in [-0.2, 0) is 11.3 Å². The molecule has 1 aliphatic rings. The fourth-order valence-electron chi connectivity index (χ4n) is 3.28. The van der Waals surface area contributed by atoms with Crippen LogP contribution in [-0.4, -0.2) is 34.6 Å². The highest BCUT2D eigenvalue weighted by molar-refractivity contribution is 5.82. The van der Waals surface area contributed by atoms with Gasteiger partial charge in [-0.25, -0.2) is 4.98 Å². The third-order valence-electron chi connectivity index (χ3n) is 4.72. The highest BCUT2D eigenvalue weighted by atomic mass is 16.2. The van der Waals surface area contributed by atoms with Crippen LogP contribution in [0.3, 0.4) is 0 Å². The van der Waals surface area contributed by atoms with E-state index in [2.05, 4.69) is 39.2 Å². The number of hydrogen-bond acceptors (Lipinski definition) is 3. The maximum Gasteiger partial charge on any atom is 0.240 e. The third kappa shape index (κ3) is 3.55. The third-order valence-corrected chi connectivity index (χ3v) is 4.72. The molecule has 3 heterocycles. The highest BCUT2D eigenvalue weighted by Crippen LogP contribution is 2.28. The number of carbonyl (C=O) groups excluding carboxylic acids is 1. The van der Waals surface area contributed by atoms with Crippen molar-refractivity contribution in [2.24, 2.45) is 0 Å². The van der Waals surface area contributed by atoms with Crippen molar-refractivity contribution in [3.63, 3.8) is 0 Å². The monoisotopic (exact) mass is 314 g/mol. The second-order valence-electron chi connectivity index (χ2n) is 6.49. The minimum atomic E-state index is 0.0625. The Kier molecular flexibility index (Phi) is 4.96. The molecule has 5 nitrogen and oxygen atoms in total. The molecule has 0 saturated carbocycles. The van der Waals surface area contributed by atoms with Gasteiger partial charge in [-0.2, -0.15) is 0 Å². The number of nitrogens with one attached hydrogen (secondary N) is 2. The molecular weight excluding hydrogens is 288 g/mol. The number of pyridine rings is 1. The number of fused-ring (bicyclic) bond motifs is 1. The average Bonchev–Trinajstić information content (AvgIpc) is 2.94. The molecule has 0 bridgehead atoms. The minimum absolute atomic E-state index is 0.0625. The molecule has 2 atom stereocenters. The maximum absolute atomic E-state index is 12.4. The summed E-state index contributed by atoms with van der Waals surface area (Å²) in [4.78, 5) is 16.9. The molecule has 0 spiro atoms. The fourth-order valence-corrected chi connectivity index (χ4v) is 3.28. The normalized spacial score (nSPS) is 19.7. The molecule has 0 radical (unpaired) electrons.